The molecule has 1 saturated carbocycles. The van der Waals surface area contributed by atoms with Gasteiger partial charge < -0.3 is 16.4 Å². The van der Waals surface area contributed by atoms with Crippen LogP contribution in [0.25, 0.3) is 0 Å². The van der Waals surface area contributed by atoms with E-state index < -0.39 is 0 Å². The molecule has 23 heavy (non-hydrogen) atoms. The van der Waals surface area contributed by atoms with Crippen molar-refractivity contribution in [3.63, 3.8) is 0 Å². The highest BCUT2D eigenvalue weighted by Gasteiger charge is 2.20. The van der Waals surface area contributed by atoms with E-state index >= 15 is 0 Å². The maximum atomic E-state index is 13.3. The number of nitrogens with zero attached hydrogens (tertiary/aromatic N) is 1. The molecule has 1 fully saturated rings. The molecule has 126 valence electrons. The predicted octanol–water partition coefficient (Wildman–Crippen LogP) is 3.13. The fourth-order valence-electron chi connectivity index (χ4n) is 3.01. The molecule has 5 heteroatoms. The maximum absolute atomic E-state index is 13.3. The molecular weight excluding hydrogens is 291 g/mol. The van der Waals surface area contributed by atoms with E-state index in [9.17, 15) is 4.39 Å². The lowest BCUT2D eigenvalue weighted by Crippen LogP contribution is -2.32. The minimum absolute atomic E-state index is 0.267. The maximum Gasteiger partial charge on any atom is 0.196 e. The quantitative estimate of drug-likeness (QED) is 0.429. The van der Waals surface area contributed by atoms with Crippen LogP contribution in [0.1, 0.15) is 25.7 Å². The molecular formula is C18H27FN4. The van der Waals surface area contributed by atoms with E-state index in [1.54, 1.807) is 12.1 Å². The van der Waals surface area contributed by atoms with Crippen molar-refractivity contribution < 1.29 is 4.39 Å². The first-order chi connectivity index (χ1) is 11.2. The number of anilines is 1. The third kappa shape index (κ3) is 6.02. The Bertz CT molecular complexity index is 530. The first-order valence-electron chi connectivity index (χ1n) is 8.33. The highest BCUT2D eigenvalue weighted by molar-refractivity contribution is 5.93. The van der Waals surface area contributed by atoms with Crippen molar-refractivity contribution in [3.05, 3.63) is 42.7 Å². The van der Waals surface area contributed by atoms with Crippen LogP contribution in [0.3, 0.4) is 0 Å². The van der Waals surface area contributed by atoms with E-state index in [0.717, 1.165) is 19.5 Å². The van der Waals surface area contributed by atoms with Gasteiger partial charge in [-0.3, -0.25) is 4.99 Å². The van der Waals surface area contributed by atoms with Crippen molar-refractivity contribution in [2.45, 2.75) is 25.7 Å². The van der Waals surface area contributed by atoms with Crippen LogP contribution in [-0.4, -0.2) is 25.6 Å². The first kappa shape index (κ1) is 17.5. The topological polar surface area (TPSA) is 62.4 Å². The third-order valence-corrected chi connectivity index (χ3v) is 4.23. The van der Waals surface area contributed by atoms with Gasteiger partial charge in [-0.05, 0) is 55.8 Å². The van der Waals surface area contributed by atoms with E-state index in [-0.39, 0.29) is 5.82 Å². The summed E-state index contributed by atoms with van der Waals surface area (Å²) in [5.41, 5.74) is 6.48. The molecule has 0 spiro atoms. The van der Waals surface area contributed by atoms with Gasteiger partial charge in [0.05, 0.1) is 0 Å². The summed E-state index contributed by atoms with van der Waals surface area (Å²) in [5.74, 6) is 1.60. The van der Waals surface area contributed by atoms with Crippen LogP contribution >= 0.6 is 0 Å². The summed E-state index contributed by atoms with van der Waals surface area (Å²) < 4.78 is 13.3. The standard InChI is InChI=1S/C18H27FN4/c1-2-9-21-18(23-17-8-4-7-16(19)11-17)22-13-15-6-3-5-14(10-15)12-20/h2,4,7-8,11,14-15H,1,3,5-6,9-10,12-13,20H2,(H2,21,22,23). The zero-order valence-corrected chi connectivity index (χ0v) is 13.6. The average Bonchev–Trinajstić information content (AvgIpc) is 2.57. The average molecular weight is 318 g/mol. The number of halogens is 1. The first-order valence-corrected chi connectivity index (χ1v) is 8.33. The van der Waals surface area contributed by atoms with Crippen LogP contribution in [0.15, 0.2) is 41.9 Å². The Balaban J connectivity index is 1.97. The van der Waals surface area contributed by atoms with E-state index in [4.69, 9.17) is 5.73 Å². The van der Waals surface area contributed by atoms with E-state index in [2.05, 4.69) is 22.2 Å². The fourth-order valence-corrected chi connectivity index (χ4v) is 3.01. The van der Waals surface area contributed by atoms with Gasteiger partial charge in [-0.25, -0.2) is 4.39 Å². The number of hydrogen-bond donors (Lipinski definition) is 3. The Labute approximate surface area is 138 Å². The van der Waals surface area contributed by atoms with Crippen molar-refractivity contribution in [1.82, 2.24) is 5.32 Å². The van der Waals surface area contributed by atoms with Crippen LogP contribution in [0.2, 0.25) is 0 Å². The van der Waals surface area contributed by atoms with Gasteiger partial charge in [0, 0.05) is 18.8 Å². The number of guanidine groups is 1. The Hall–Kier alpha value is -1.88. The van der Waals surface area contributed by atoms with Gasteiger partial charge in [0.2, 0.25) is 0 Å². The van der Waals surface area contributed by atoms with Crippen LogP contribution in [0.5, 0.6) is 0 Å². The number of benzene rings is 1. The van der Waals surface area contributed by atoms with E-state index in [0.29, 0.717) is 30.0 Å². The number of nitrogens with one attached hydrogen (secondary N) is 2. The van der Waals surface area contributed by atoms with Gasteiger partial charge in [0.25, 0.3) is 0 Å². The van der Waals surface area contributed by atoms with E-state index in [1.807, 2.05) is 6.07 Å². The number of aliphatic imine (C=N–C) groups is 1. The van der Waals surface area contributed by atoms with Crippen molar-refractivity contribution in [2.24, 2.45) is 22.6 Å². The molecule has 2 unspecified atom stereocenters. The lowest BCUT2D eigenvalue weighted by molar-refractivity contribution is 0.277. The van der Waals surface area contributed by atoms with Crippen LogP contribution in [-0.2, 0) is 0 Å². The predicted molar refractivity (Wildman–Crippen MR) is 95.0 cm³/mol. The summed E-state index contributed by atoms with van der Waals surface area (Å²) in [6.45, 7) is 5.84. The zero-order chi connectivity index (χ0) is 16.5. The smallest absolute Gasteiger partial charge is 0.196 e. The second-order valence-corrected chi connectivity index (χ2v) is 6.13. The van der Waals surface area contributed by atoms with Crippen molar-refractivity contribution >= 4 is 11.6 Å². The SMILES string of the molecule is C=CCNC(=NCC1CCCC(CN)C1)Nc1cccc(F)c1. The molecule has 0 radical (unpaired) electrons. The van der Waals surface area contributed by atoms with Crippen molar-refractivity contribution in [2.75, 3.05) is 25.0 Å². The van der Waals surface area contributed by atoms with Gasteiger partial charge in [-0.2, -0.15) is 0 Å². The van der Waals surface area contributed by atoms with Crippen LogP contribution < -0.4 is 16.4 Å². The molecule has 1 aliphatic carbocycles. The molecule has 0 saturated heterocycles. The third-order valence-electron chi connectivity index (χ3n) is 4.23. The highest BCUT2D eigenvalue weighted by Crippen LogP contribution is 2.28. The molecule has 1 aromatic carbocycles. The van der Waals surface area contributed by atoms with Gasteiger partial charge in [0.15, 0.2) is 5.96 Å². The Morgan fingerprint density at radius 1 is 1.39 bits per heavy atom. The lowest BCUT2D eigenvalue weighted by atomic mass is 9.81. The number of rotatable bonds is 6. The van der Waals surface area contributed by atoms with Gasteiger partial charge in [0.1, 0.15) is 5.82 Å². The molecule has 1 aliphatic rings. The second kappa shape index (κ2) is 9.30. The van der Waals surface area contributed by atoms with Gasteiger partial charge in [-0.15, -0.1) is 6.58 Å². The molecule has 0 aliphatic heterocycles. The zero-order valence-electron chi connectivity index (χ0n) is 13.6. The second-order valence-electron chi connectivity index (χ2n) is 6.13. The molecule has 2 atom stereocenters. The Morgan fingerprint density at radius 2 is 2.22 bits per heavy atom. The summed E-state index contributed by atoms with van der Waals surface area (Å²) in [6, 6.07) is 6.37. The van der Waals surface area contributed by atoms with Gasteiger partial charge in [-0.1, -0.05) is 18.6 Å². The minimum atomic E-state index is -0.267. The van der Waals surface area contributed by atoms with Crippen LogP contribution in [0.4, 0.5) is 10.1 Å². The molecule has 0 heterocycles. The normalized spacial score (nSPS) is 21.7. The largest absolute Gasteiger partial charge is 0.353 e. The van der Waals surface area contributed by atoms with Gasteiger partial charge >= 0.3 is 0 Å². The summed E-state index contributed by atoms with van der Waals surface area (Å²) in [7, 11) is 0. The highest BCUT2D eigenvalue weighted by atomic mass is 19.1. The summed E-state index contributed by atoms with van der Waals surface area (Å²) in [6.07, 6.45) is 6.59. The molecule has 1 aromatic rings. The number of nitrogens with two attached hydrogens (primary N) is 1. The van der Waals surface area contributed by atoms with E-state index in [1.165, 1.54) is 31.4 Å². The molecule has 0 amide bonds. The minimum Gasteiger partial charge on any atom is -0.353 e. The fraction of sp³-hybridized carbons (Fsp3) is 0.500. The van der Waals surface area contributed by atoms with Crippen molar-refractivity contribution in [1.29, 1.82) is 0 Å². The summed E-state index contributed by atoms with van der Waals surface area (Å²) >= 11 is 0. The van der Waals surface area contributed by atoms with Crippen LogP contribution in [0, 0.1) is 17.7 Å². The number of hydrogen-bond acceptors (Lipinski definition) is 2. The summed E-state index contributed by atoms with van der Waals surface area (Å²) in [5, 5.41) is 6.32. The Morgan fingerprint density at radius 3 is 2.96 bits per heavy atom. The molecule has 4 N–H and O–H groups in total. The molecule has 0 aromatic heterocycles. The molecule has 4 nitrogen and oxygen atoms in total. The molecule has 2 rings (SSSR count). The Kier molecular flexibility index (Phi) is 7.07. The van der Waals surface area contributed by atoms with Crippen molar-refractivity contribution in [3.8, 4) is 0 Å². The molecule has 0 bridgehead atoms. The summed E-state index contributed by atoms with van der Waals surface area (Å²) in [4.78, 5) is 4.66. The monoisotopic (exact) mass is 318 g/mol. The lowest BCUT2D eigenvalue weighted by Gasteiger charge is -2.27.